The Hall–Kier alpha value is -2.41. The van der Waals surface area contributed by atoms with Crippen LogP contribution in [0.5, 0.6) is 0 Å². The molecule has 0 aliphatic rings. The highest BCUT2D eigenvalue weighted by Gasteiger charge is 2.18. The molecule has 0 fully saturated rings. The van der Waals surface area contributed by atoms with Crippen LogP contribution in [-0.4, -0.2) is 33.2 Å². The number of primary amides is 1. The van der Waals surface area contributed by atoms with E-state index in [0.717, 1.165) is 0 Å². The maximum atomic E-state index is 11.6. The second-order valence-corrected chi connectivity index (χ2v) is 4.30. The van der Waals surface area contributed by atoms with Gasteiger partial charge in [0.25, 0.3) is 11.7 Å². The molecule has 1 aromatic heterocycles. The summed E-state index contributed by atoms with van der Waals surface area (Å²) < 4.78 is 6.06. The average molecular weight is 295 g/mol. The van der Waals surface area contributed by atoms with Gasteiger partial charge in [-0.2, -0.15) is 0 Å². The van der Waals surface area contributed by atoms with Crippen molar-refractivity contribution >= 4 is 23.5 Å². The van der Waals surface area contributed by atoms with Gasteiger partial charge < -0.3 is 10.5 Å². The lowest BCUT2D eigenvalue weighted by atomic mass is 10.3. The molecule has 1 heterocycles. The zero-order valence-electron chi connectivity index (χ0n) is 10.5. The van der Waals surface area contributed by atoms with Crippen molar-refractivity contribution in [3.05, 3.63) is 40.9 Å². The number of ether oxygens (including phenoxy) is 1. The Bertz CT molecular complexity index is 668. The van der Waals surface area contributed by atoms with Crippen molar-refractivity contribution in [2.45, 2.75) is 6.92 Å². The Balaban J connectivity index is 2.28. The van der Waals surface area contributed by atoms with E-state index in [1.54, 1.807) is 31.2 Å². The van der Waals surface area contributed by atoms with Crippen molar-refractivity contribution in [2.75, 3.05) is 6.61 Å². The Labute approximate surface area is 119 Å². The number of halogens is 1. The molecule has 0 radical (unpaired) electrons. The van der Waals surface area contributed by atoms with Crippen LogP contribution in [0.1, 0.15) is 16.4 Å². The summed E-state index contributed by atoms with van der Waals surface area (Å²) in [7, 11) is 0. The van der Waals surface area contributed by atoms with Gasteiger partial charge in [0, 0.05) is 0 Å². The number of aryl methyl sites for hydroxylation is 1. The minimum atomic E-state index is -0.822. The van der Waals surface area contributed by atoms with E-state index in [2.05, 4.69) is 14.8 Å². The van der Waals surface area contributed by atoms with E-state index in [9.17, 15) is 9.59 Å². The number of aromatic nitrogens is 3. The van der Waals surface area contributed by atoms with Crippen LogP contribution in [0.25, 0.3) is 5.69 Å². The number of esters is 1. The molecular formula is C12H11ClN4O3. The number of carbonyl (C=O) groups excluding carboxylic acids is 2. The van der Waals surface area contributed by atoms with Gasteiger partial charge in [0.2, 0.25) is 0 Å². The summed E-state index contributed by atoms with van der Waals surface area (Å²) in [4.78, 5) is 26.2. The van der Waals surface area contributed by atoms with Gasteiger partial charge in [-0.1, -0.05) is 23.7 Å². The highest BCUT2D eigenvalue weighted by atomic mass is 35.5. The highest BCUT2D eigenvalue weighted by molar-refractivity contribution is 6.32. The standard InChI is InChI=1S/C12H11ClN4O3/c1-7-15-11(12(19)20-6-10(14)18)16-17(7)9-5-3-2-4-8(9)13/h2-5H,6H2,1H3,(H2,14,18). The van der Waals surface area contributed by atoms with Crippen LogP contribution >= 0.6 is 11.6 Å². The maximum absolute atomic E-state index is 11.6. The van der Waals surface area contributed by atoms with Gasteiger partial charge in [0.1, 0.15) is 5.82 Å². The van der Waals surface area contributed by atoms with Gasteiger partial charge in [-0.05, 0) is 19.1 Å². The largest absolute Gasteiger partial charge is 0.450 e. The fourth-order valence-electron chi connectivity index (χ4n) is 1.53. The molecule has 0 spiro atoms. The molecule has 1 aromatic carbocycles. The topological polar surface area (TPSA) is 100 Å². The van der Waals surface area contributed by atoms with E-state index < -0.39 is 18.5 Å². The summed E-state index contributed by atoms with van der Waals surface area (Å²) in [5, 5.41) is 4.48. The lowest BCUT2D eigenvalue weighted by molar-refractivity contribution is -0.121. The first-order chi connectivity index (χ1) is 9.49. The molecule has 2 aromatic rings. The van der Waals surface area contributed by atoms with E-state index >= 15 is 0 Å². The molecule has 0 unspecified atom stereocenters. The van der Waals surface area contributed by atoms with E-state index in [1.165, 1.54) is 4.68 Å². The quantitative estimate of drug-likeness (QED) is 0.843. The number of rotatable bonds is 4. The third-order valence-corrected chi connectivity index (χ3v) is 2.70. The van der Waals surface area contributed by atoms with Gasteiger partial charge in [-0.15, -0.1) is 5.10 Å². The minimum absolute atomic E-state index is 0.163. The molecule has 1 amide bonds. The van der Waals surface area contributed by atoms with Crippen molar-refractivity contribution in [3.63, 3.8) is 0 Å². The molecule has 0 saturated carbocycles. The van der Waals surface area contributed by atoms with E-state index in [-0.39, 0.29) is 5.82 Å². The Kier molecular flexibility index (Phi) is 3.99. The van der Waals surface area contributed by atoms with E-state index in [1.807, 2.05) is 0 Å². The fraction of sp³-hybridized carbons (Fsp3) is 0.167. The van der Waals surface area contributed by atoms with Crippen molar-refractivity contribution in [3.8, 4) is 5.69 Å². The molecule has 0 saturated heterocycles. The van der Waals surface area contributed by atoms with Crippen LogP contribution in [0.4, 0.5) is 0 Å². The maximum Gasteiger partial charge on any atom is 0.378 e. The number of hydrogen-bond donors (Lipinski definition) is 1. The third-order valence-electron chi connectivity index (χ3n) is 2.38. The molecule has 0 aliphatic heterocycles. The van der Waals surface area contributed by atoms with Gasteiger partial charge in [-0.25, -0.2) is 14.5 Å². The summed E-state index contributed by atoms with van der Waals surface area (Å²) in [6.07, 6.45) is 0. The molecule has 7 nitrogen and oxygen atoms in total. The first kappa shape index (κ1) is 14.0. The predicted molar refractivity (Wildman–Crippen MR) is 70.6 cm³/mol. The average Bonchev–Trinajstić information content (AvgIpc) is 2.78. The summed E-state index contributed by atoms with van der Waals surface area (Å²) in [6.45, 7) is 1.15. The van der Waals surface area contributed by atoms with Crippen molar-refractivity contribution < 1.29 is 14.3 Å². The molecule has 8 heteroatoms. The van der Waals surface area contributed by atoms with Crippen LogP contribution < -0.4 is 5.73 Å². The number of para-hydroxylation sites is 1. The number of amides is 1. The SMILES string of the molecule is Cc1nc(C(=O)OCC(N)=O)nn1-c1ccccc1Cl. The fourth-order valence-corrected chi connectivity index (χ4v) is 1.75. The summed E-state index contributed by atoms with van der Waals surface area (Å²) >= 11 is 6.06. The second-order valence-electron chi connectivity index (χ2n) is 3.89. The van der Waals surface area contributed by atoms with Crippen LogP contribution in [0, 0.1) is 6.92 Å². The Morgan fingerprint density at radius 2 is 2.10 bits per heavy atom. The number of nitrogens with zero attached hydrogens (tertiary/aromatic N) is 3. The summed E-state index contributed by atoms with van der Waals surface area (Å²) in [5.74, 6) is -1.27. The van der Waals surface area contributed by atoms with Gasteiger partial charge in [0.05, 0.1) is 10.7 Å². The van der Waals surface area contributed by atoms with Crippen LogP contribution in [0.2, 0.25) is 5.02 Å². The predicted octanol–water partition coefficient (Wildman–Crippen LogP) is 0.871. The van der Waals surface area contributed by atoms with E-state index in [0.29, 0.717) is 16.5 Å². The zero-order chi connectivity index (χ0) is 14.7. The molecule has 0 atom stereocenters. The molecule has 2 N–H and O–H groups in total. The number of carbonyl (C=O) groups is 2. The lowest BCUT2D eigenvalue weighted by Gasteiger charge is -2.04. The Morgan fingerprint density at radius 1 is 1.40 bits per heavy atom. The van der Waals surface area contributed by atoms with Crippen molar-refractivity contribution in [1.82, 2.24) is 14.8 Å². The smallest absolute Gasteiger partial charge is 0.378 e. The number of hydrogen-bond acceptors (Lipinski definition) is 5. The summed E-state index contributed by atoms with van der Waals surface area (Å²) in [6, 6.07) is 7.00. The van der Waals surface area contributed by atoms with Crippen LogP contribution in [0.3, 0.4) is 0 Å². The molecule has 104 valence electrons. The summed E-state index contributed by atoms with van der Waals surface area (Å²) in [5.41, 5.74) is 5.48. The number of nitrogens with two attached hydrogens (primary N) is 1. The second kappa shape index (κ2) is 5.70. The molecule has 2 rings (SSSR count). The van der Waals surface area contributed by atoms with Gasteiger partial charge in [-0.3, -0.25) is 4.79 Å². The highest BCUT2D eigenvalue weighted by Crippen LogP contribution is 2.20. The third kappa shape index (κ3) is 2.94. The lowest BCUT2D eigenvalue weighted by Crippen LogP contribution is -2.21. The monoisotopic (exact) mass is 294 g/mol. The van der Waals surface area contributed by atoms with Crippen molar-refractivity contribution in [2.24, 2.45) is 5.73 Å². The van der Waals surface area contributed by atoms with E-state index in [4.69, 9.17) is 17.3 Å². The van der Waals surface area contributed by atoms with Gasteiger partial charge >= 0.3 is 5.97 Å². The van der Waals surface area contributed by atoms with Crippen LogP contribution in [0.15, 0.2) is 24.3 Å². The first-order valence-electron chi connectivity index (χ1n) is 5.63. The number of benzene rings is 1. The first-order valence-corrected chi connectivity index (χ1v) is 6.01. The molecule has 0 aliphatic carbocycles. The molecular weight excluding hydrogens is 284 g/mol. The van der Waals surface area contributed by atoms with Crippen molar-refractivity contribution in [1.29, 1.82) is 0 Å². The Morgan fingerprint density at radius 3 is 2.75 bits per heavy atom. The van der Waals surface area contributed by atoms with Gasteiger partial charge in [0.15, 0.2) is 6.61 Å². The zero-order valence-corrected chi connectivity index (χ0v) is 11.3. The molecule has 20 heavy (non-hydrogen) atoms. The normalized spacial score (nSPS) is 10.3. The minimum Gasteiger partial charge on any atom is -0.450 e. The van der Waals surface area contributed by atoms with Crippen LogP contribution in [-0.2, 0) is 9.53 Å². The molecule has 0 bridgehead atoms.